The number of aromatic nitrogens is 1. The summed E-state index contributed by atoms with van der Waals surface area (Å²) in [5.41, 5.74) is 2.20. The number of benzene rings is 2. The van der Waals surface area contributed by atoms with Crippen molar-refractivity contribution in [3.8, 4) is 5.75 Å². The number of carbonyl (C=O) groups is 1. The SMILES string of the molecule is CC(C)CN1C(=O)/C(=C/c2cn(CCCOc3ccccc3)c3ccccc23)SC1=S. The van der Waals surface area contributed by atoms with Crippen LogP contribution in [0.4, 0.5) is 0 Å². The molecule has 6 heteroatoms. The zero-order valence-electron chi connectivity index (χ0n) is 17.8. The van der Waals surface area contributed by atoms with Crippen molar-refractivity contribution in [1.29, 1.82) is 0 Å². The average molecular weight is 451 g/mol. The fraction of sp³-hybridized carbons (Fsp3) is 0.280. The molecule has 0 spiro atoms. The van der Waals surface area contributed by atoms with Crippen molar-refractivity contribution < 1.29 is 9.53 Å². The Kier molecular flexibility index (Phi) is 6.78. The second-order valence-corrected chi connectivity index (χ2v) is 9.67. The van der Waals surface area contributed by atoms with Gasteiger partial charge in [-0.25, -0.2) is 0 Å². The van der Waals surface area contributed by atoms with Crippen LogP contribution in [-0.2, 0) is 11.3 Å². The lowest BCUT2D eigenvalue weighted by Crippen LogP contribution is -2.31. The molecule has 0 atom stereocenters. The van der Waals surface area contributed by atoms with Crippen LogP contribution in [0.5, 0.6) is 5.75 Å². The molecular weight excluding hydrogens is 424 g/mol. The molecule has 4 rings (SSSR count). The molecular formula is C25H26N2O2S2. The molecule has 3 aromatic rings. The van der Waals surface area contributed by atoms with E-state index >= 15 is 0 Å². The van der Waals surface area contributed by atoms with Crippen LogP contribution in [0.15, 0.2) is 65.7 Å². The van der Waals surface area contributed by atoms with Gasteiger partial charge in [0.2, 0.25) is 0 Å². The van der Waals surface area contributed by atoms with Gasteiger partial charge in [-0.05, 0) is 36.6 Å². The molecule has 2 heterocycles. The Hall–Kier alpha value is -2.57. The Morgan fingerprint density at radius 3 is 2.61 bits per heavy atom. The van der Waals surface area contributed by atoms with Gasteiger partial charge in [0, 0.05) is 35.8 Å². The van der Waals surface area contributed by atoms with Crippen molar-refractivity contribution in [3.05, 3.63) is 71.3 Å². The first kappa shape index (κ1) is 21.7. The number of aryl methyl sites for hydroxylation is 1. The van der Waals surface area contributed by atoms with E-state index in [0.717, 1.165) is 35.2 Å². The van der Waals surface area contributed by atoms with Crippen LogP contribution in [0.25, 0.3) is 17.0 Å². The van der Waals surface area contributed by atoms with Crippen LogP contribution in [0.1, 0.15) is 25.8 Å². The van der Waals surface area contributed by atoms with E-state index < -0.39 is 0 Å². The summed E-state index contributed by atoms with van der Waals surface area (Å²) in [5, 5.41) is 1.14. The number of hydrogen-bond acceptors (Lipinski definition) is 4. The number of hydrogen-bond donors (Lipinski definition) is 0. The standard InChI is InChI=1S/C25H26N2O2S2/c1-18(2)16-27-24(28)23(31-25(27)30)15-19-17-26(22-12-7-6-11-21(19)22)13-8-14-29-20-9-4-3-5-10-20/h3-7,9-12,15,17-18H,8,13-14,16H2,1-2H3/b23-15-. The monoisotopic (exact) mass is 450 g/mol. The third-order valence-corrected chi connectivity index (χ3v) is 6.46. The Balaban J connectivity index is 1.51. The van der Waals surface area contributed by atoms with E-state index in [9.17, 15) is 4.79 Å². The van der Waals surface area contributed by atoms with E-state index in [2.05, 4.69) is 36.7 Å². The van der Waals surface area contributed by atoms with E-state index in [1.54, 1.807) is 4.90 Å². The molecule has 0 radical (unpaired) electrons. The summed E-state index contributed by atoms with van der Waals surface area (Å²) >= 11 is 6.84. The molecule has 160 valence electrons. The number of thiocarbonyl (C=S) groups is 1. The van der Waals surface area contributed by atoms with Crippen LogP contribution >= 0.6 is 24.0 Å². The summed E-state index contributed by atoms with van der Waals surface area (Å²) in [7, 11) is 0. The largest absolute Gasteiger partial charge is 0.494 e. The second kappa shape index (κ2) is 9.71. The zero-order valence-corrected chi connectivity index (χ0v) is 19.4. The number of rotatable bonds is 8. The van der Waals surface area contributed by atoms with Gasteiger partial charge in [-0.1, -0.05) is 74.2 Å². The molecule has 4 nitrogen and oxygen atoms in total. The number of ether oxygens (including phenoxy) is 1. The summed E-state index contributed by atoms with van der Waals surface area (Å²) in [6, 6.07) is 18.2. The highest BCUT2D eigenvalue weighted by molar-refractivity contribution is 8.26. The second-order valence-electron chi connectivity index (χ2n) is 8.00. The normalized spacial score (nSPS) is 15.6. The summed E-state index contributed by atoms with van der Waals surface area (Å²) in [6.45, 7) is 6.34. The first-order valence-corrected chi connectivity index (χ1v) is 11.8. The minimum absolute atomic E-state index is 0.0109. The quantitative estimate of drug-likeness (QED) is 0.241. The molecule has 1 saturated heterocycles. The van der Waals surface area contributed by atoms with Crippen molar-refractivity contribution >= 4 is 51.2 Å². The highest BCUT2D eigenvalue weighted by Gasteiger charge is 2.32. The van der Waals surface area contributed by atoms with Crippen LogP contribution in [0.2, 0.25) is 0 Å². The maximum absolute atomic E-state index is 12.9. The minimum atomic E-state index is 0.0109. The Morgan fingerprint density at radius 1 is 1.10 bits per heavy atom. The Labute approximate surface area is 192 Å². The molecule has 0 unspecified atom stereocenters. The molecule has 31 heavy (non-hydrogen) atoms. The van der Waals surface area contributed by atoms with Crippen molar-refractivity contribution in [2.24, 2.45) is 5.92 Å². The number of para-hydroxylation sites is 2. The fourth-order valence-electron chi connectivity index (χ4n) is 3.68. The van der Waals surface area contributed by atoms with Gasteiger partial charge < -0.3 is 9.30 Å². The third kappa shape index (κ3) is 5.02. The summed E-state index contributed by atoms with van der Waals surface area (Å²) < 4.78 is 8.72. The number of nitrogens with zero attached hydrogens (tertiary/aromatic N) is 2. The van der Waals surface area contributed by atoms with Gasteiger partial charge in [0.1, 0.15) is 10.1 Å². The van der Waals surface area contributed by atoms with Crippen LogP contribution < -0.4 is 4.74 Å². The molecule has 0 N–H and O–H groups in total. The van der Waals surface area contributed by atoms with Gasteiger partial charge >= 0.3 is 0 Å². The minimum Gasteiger partial charge on any atom is -0.494 e. The highest BCUT2D eigenvalue weighted by atomic mass is 32.2. The molecule has 0 aliphatic carbocycles. The topological polar surface area (TPSA) is 34.5 Å². The Bertz CT molecular complexity index is 1120. The van der Waals surface area contributed by atoms with E-state index in [1.165, 1.54) is 11.8 Å². The lowest BCUT2D eigenvalue weighted by Gasteiger charge is -2.16. The van der Waals surface area contributed by atoms with Crippen molar-refractivity contribution in [2.75, 3.05) is 13.2 Å². The highest BCUT2D eigenvalue weighted by Crippen LogP contribution is 2.34. The van der Waals surface area contributed by atoms with Gasteiger partial charge in [-0.2, -0.15) is 0 Å². The average Bonchev–Trinajstić information content (AvgIpc) is 3.24. The number of carbonyl (C=O) groups excluding carboxylic acids is 1. The van der Waals surface area contributed by atoms with E-state index in [1.807, 2.05) is 48.5 Å². The molecule has 0 saturated carbocycles. The van der Waals surface area contributed by atoms with E-state index in [0.29, 0.717) is 28.3 Å². The molecule has 1 aliphatic heterocycles. The maximum atomic E-state index is 12.9. The number of thioether (sulfide) groups is 1. The van der Waals surface area contributed by atoms with Crippen molar-refractivity contribution in [2.45, 2.75) is 26.8 Å². The van der Waals surface area contributed by atoms with Crippen LogP contribution in [0, 0.1) is 5.92 Å². The predicted octanol–water partition coefficient (Wildman–Crippen LogP) is 5.97. The molecule has 1 amide bonds. The smallest absolute Gasteiger partial charge is 0.266 e. The molecule has 1 aliphatic rings. The fourth-order valence-corrected chi connectivity index (χ4v) is 4.95. The molecule has 2 aromatic carbocycles. The van der Waals surface area contributed by atoms with Gasteiger partial charge in [-0.3, -0.25) is 9.69 Å². The lowest BCUT2D eigenvalue weighted by molar-refractivity contribution is -0.122. The number of fused-ring (bicyclic) bond motifs is 1. The van der Waals surface area contributed by atoms with E-state index in [4.69, 9.17) is 17.0 Å². The number of amides is 1. The van der Waals surface area contributed by atoms with Gasteiger partial charge in [0.15, 0.2) is 0 Å². The van der Waals surface area contributed by atoms with Crippen molar-refractivity contribution in [3.63, 3.8) is 0 Å². The summed E-state index contributed by atoms with van der Waals surface area (Å²) in [5.74, 6) is 1.28. The van der Waals surface area contributed by atoms with Crippen LogP contribution in [-0.4, -0.2) is 32.8 Å². The van der Waals surface area contributed by atoms with Crippen LogP contribution in [0.3, 0.4) is 0 Å². The Morgan fingerprint density at radius 2 is 1.84 bits per heavy atom. The first-order valence-electron chi connectivity index (χ1n) is 10.5. The molecule has 1 fully saturated rings. The van der Waals surface area contributed by atoms with Gasteiger partial charge in [0.05, 0.1) is 11.5 Å². The van der Waals surface area contributed by atoms with E-state index in [-0.39, 0.29) is 5.91 Å². The molecule has 0 bridgehead atoms. The van der Waals surface area contributed by atoms with Gasteiger partial charge in [0.25, 0.3) is 5.91 Å². The molecule has 1 aromatic heterocycles. The van der Waals surface area contributed by atoms with Crippen molar-refractivity contribution in [1.82, 2.24) is 9.47 Å². The predicted molar refractivity (Wildman–Crippen MR) is 133 cm³/mol. The maximum Gasteiger partial charge on any atom is 0.266 e. The zero-order chi connectivity index (χ0) is 21.8. The third-order valence-electron chi connectivity index (χ3n) is 5.08. The van der Waals surface area contributed by atoms with Gasteiger partial charge in [-0.15, -0.1) is 0 Å². The summed E-state index contributed by atoms with van der Waals surface area (Å²) in [6.07, 6.45) is 5.00. The lowest BCUT2D eigenvalue weighted by atomic mass is 10.1. The first-order chi connectivity index (χ1) is 15.0. The summed E-state index contributed by atoms with van der Waals surface area (Å²) in [4.78, 5) is 15.3.